The molecule has 0 bridgehead atoms. The highest BCUT2D eigenvalue weighted by atomic mass is 16.5. The van der Waals surface area contributed by atoms with Crippen LogP contribution in [0.25, 0.3) is 0 Å². The summed E-state index contributed by atoms with van der Waals surface area (Å²) in [7, 11) is 0. The second-order valence-corrected chi connectivity index (χ2v) is 5.77. The lowest BCUT2D eigenvalue weighted by molar-refractivity contribution is -0.128. The predicted molar refractivity (Wildman–Crippen MR) is 86.7 cm³/mol. The maximum absolute atomic E-state index is 12.2. The smallest absolute Gasteiger partial charge is 0.408 e. The topological polar surface area (TPSA) is 84.5 Å². The van der Waals surface area contributed by atoms with Crippen LogP contribution in [-0.4, -0.2) is 29.9 Å². The lowest BCUT2D eigenvalue weighted by Crippen LogP contribution is -2.52. The number of amides is 2. The Morgan fingerprint density at radius 3 is 2.17 bits per heavy atom. The summed E-state index contributed by atoms with van der Waals surface area (Å²) < 4.78 is 5.11. The molecule has 0 aromatic heterocycles. The Hall–Kier alpha value is -2.37. The first kappa shape index (κ1) is 18.7. The monoisotopic (exact) mass is 320 g/mol. The van der Waals surface area contributed by atoms with Gasteiger partial charge >= 0.3 is 6.09 Å². The van der Waals surface area contributed by atoms with Crippen LogP contribution in [0.15, 0.2) is 30.3 Å². The van der Waals surface area contributed by atoms with Crippen molar-refractivity contribution in [3.8, 4) is 0 Å². The van der Waals surface area contributed by atoms with E-state index in [9.17, 15) is 14.4 Å². The van der Waals surface area contributed by atoms with Crippen LogP contribution in [0, 0.1) is 5.92 Å². The van der Waals surface area contributed by atoms with Crippen LogP contribution >= 0.6 is 0 Å². The Balaban J connectivity index is 2.56. The van der Waals surface area contributed by atoms with Gasteiger partial charge in [-0.05, 0) is 25.3 Å². The third-order valence-corrected chi connectivity index (χ3v) is 3.40. The van der Waals surface area contributed by atoms with Crippen LogP contribution in [0.2, 0.25) is 0 Å². The van der Waals surface area contributed by atoms with Crippen LogP contribution < -0.4 is 10.6 Å². The van der Waals surface area contributed by atoms with Gasteiger partial charge in [0.05, 0.1) is 6.04 Å². The van der Waals surface area contributed by atoms with Gasteiger partial charge in [-0.1, -0.05) is 44.2 Å². The molecule has 1 aromatic carbocycles. The number of alkyl carbamates (subject to hydrolysis) is 1. The van der Waals surface area contributed by atoms with Crippen LogP contribution in [0.3, 0.4) is 0 Å². The molecule has 0 aliphatic carbocycles. The van der Waals surface area contributed by atoms with Crippen molar-refractivity contribution in [2.75, 3.05) is 0 Å². The van der Waals surface area contributed by atoms with Gasteiger partial charge in [-0.15, -0.1) is 0 Å². The zero-order valence-corrected chi connectivity index (χ0v) is 14.0. The minimum Gasteiger partial charge on any atom is -0.445 e. The molecule has 1 rings (SSSR count). The largest absolute Gasteiger partial charge is 0.445 e. The van der Waals surface area contributed by atoms with Gasteiger partial charge < -0.3 is 15.4 Å². The molecule has 0 saturated carbocycles. The van der Waals surface area contributed by atoms with E-state index in [1.165, 1.54) is 6.92 Å². The third-order valence-electron chi connectivity index (χ3n) is 3.40. The number of hydrogen-bond donors (Lipinski definition) is 2. The lowest BCUT2D eigenvalue weighted by atomic mass is 10.0. The molecular weight excluding hydrogens is 296 g/mol. The zero-order valence-electron chi connectivity index (χ0n) is 14.0. The molecule has 0 heterocycles. The number of ketones is 1. The van der Waals surface area contributed by atoms with Gasteiger partial charge in [0.2, 0.25) is 5.91 Å². The van der Waals surface area contributed by atoms with Gasteiger partial charge in [-0.2, -0.15) is 0 Å². The van der Waals surface area contributed by atoms with Gasteiger partial charge in [0.1, 0.15) is 12.6 Å². The minimum absolute atomic E-state index is 0.128. The summed E-state index contributed by atoms with van der Waals surface area (Å²) in [6.45, 7) is 6.74. The van der Waals surface area contributed by atoms with E-state index in [1.54, 1.807) is 20.8 Å². The molecule has 23 heavy (non-hydrogen) atoms. The first-order chi connectivity index (χ1) is 10.8. The molecule has 1 aromatic rings. The molecule has 2 N–H and O–H groups in total. The predicted octanol–water partition coefficient (Wildman–Crippen LogP) is 2.03. The van der Waals surface area contributed by atoms with Gasteiger partial charge in [-0.25, -0.2) is 4.79 Å². The molecule has 6 nitrogen and oxygen atoms in total. The molecule has 0 aliphatic heterocycles. The molecule has 0 radical (unpaired) electrons. The van der Waals surface area contributed by atoms with Gasteiger partial charge in [0.15, 0.2) is 5.78 Å². The summed E-state index contributed by atoms with van der Waals surface area (Å²) in [6, 6.07) is 7.90. The fraction of sp³-hybridized carbons (Fsp3) is 0.471. The summed E-state index contributed by atoms with van der Waals surface area (Å²) in [5.74, 6) is -0.690. The van der Waals surface area contributed by atoms with Gasteiger partial charge in [0, 0.05) is 0 Å². The molecule has 0 saturated heterocycles. The minimum atomic E-state index is -0.764. The highest BCUT2D eigenvalue weighted by Crippen LogP contribution is 2.05. The normalized spacial score (nSPS) is 13.1. The summed E-state index contributed by atoms with van der Waals surface area (Å²) in [4.78, 5) is 35.3. The Morgan fingerprint density at radius 1 is 1.04 bits per heavy atom. The number of ether oxygens (including phenoxy) is 1. The molecule has 2 atom stereocenters. The second-order valence-electron chi connectivity index (χ2n) is 5.77. The molecule has 0 aliphatic rings. The van der Waals surface area contributed by atoms with E-state index in [2.05, 4.69) is 10.6 Å². The average molecular weight is 320 g/mol. The van der Waals surface area contributed by atoms with E-state index in [4.69, 9.17) is 4.74 Å². The molecular formula is C17H24N2O4. The SMILES string of the molecule is CC(=O)[C@H](C)NC(=O)[C@@H](NC(=O)OCc1ccccc1)C(C)C. The number of carbonyl (C=O) groups is 3. The fourth-order valence-electron chi connectivity index (χ4n) is 1.83. The van der Waals surface area contributed by atoms with Gasteiger partial charge in [-0.3, -0.25) is 9.59 Å². The number of rotatable bonds is 7. The van der Waals surface area contributed by atoms with E-state index in [1.807, 2.05) is 30.3 Å². The number of hydrogen-bond acceptors (Lipinski definition) is 4. The number of Topliss-reactive ketones (excluding diaryl/α,β-unsaturated/α-hetero) is 1. The third kappa shape index (κ3) is 6.50. The van der Waals surface area contributed by atoms with E-state index < -0.39 is 24.1 Å². The van der Waals surface area contributed by atoms with E-state index in [-0.39, 0.29) is 18.3 Å². The van der Waals surface area contributed by atoms with Crippen molar-refractivity contribution in [1.29, 1.82) is 0 Å². The molecule has 6 heteroatoms. The first-order valence-electron chi connectivity index (χ1n) is 7.59. The Morgan fingerprint density at radius 2 is 1.65 bits per heavy atom. The van der Waals surface area contributed by atoms with Crippen molar-refractivity contribution in [2.24, 2.45) is 5.92 Å². The standard InChI is InChI=1S/C17H24N2O4/c1-11(2)15(16(21)18-12(3)13(4)20)19-17(22)23-10-14-8-6-5-7-9-14/h5-9,11-12,15H,10H2,1-4H3,(H,18,21)(H,19,22)/t12-,15-/m0/s1. The lowest BCUT2D eigenvalue weighted by Gasteiger charge is -2.23. The van der Waals surface area contributed by atoms with Crippen LogP contribution in [0.4, 0.5) is 4.79 Å². The summed E-state index contributed by atoms with van der Waals surface area (Å²) in [6.07, 6.45) is -0.668. The van der Waals surface area contributed by atoms with E-state index in [0.717, 1.165) is 5.56 Å². The molecule has 0 fully saturated rings. The number of carbonyl (C=O) groups excluding carboxylic acids is 3. The maximum atomic E-state index is 12.2. The molecule has 0 spiro atoms. The molecule has 0 unspecified atom stereocenters. The highest BCUT2D eigenvalue weighted by Gasteiger charge is 2.26. The van der Waals surface area contributed by atoms with Crippen LogP contribution in [-0.2, 0) is 20.9 Å². The summed E-state index contributed by atoms with van der Waals surface area (Å²) in [5.41, 5.74) is 0.860. The highest BCUT2D eigenvalue weighted by molar-refractivity contribution is 5.91. The quantitative estimate of drug-likeness (QED) is 0.805. The zero-order chi connectivity index (χ0) is 17.4. The molecule has 2 amide bonds. The Labute approximate surface area is 136 Å². The number of benzene rings is 1. The van der Waals surface area contributed by atoms with Crippen molar-refractivity contribution in [3.05, 3.63) is 35.9 Å². The fourth-order valence-corrected chi connectivity index (χ4v) is 1.83. The summed E-state index contributed by atoms with van der Waals surface area (Å²) >= 11 is 0. The average Bonchev–Trinajstić information content (AvgIpc) is 2.51. The first-order valence-corrected chi connectivity index (χ1v) is 7.59. The Kier molecular flexibility index (Phi) is 7.25. The van der Waals surface area contributed by atoms with Crippen molar-refractivity contribution in [2.45, 2.75) is 46.4 Å². The van der Waals surface area contributed by atoms with Gasteiger partial charge in [0.25, 0.3) is 0 Å². The van der Waals surface area contributed by atoms with Crippen LogP contribution in [0.5, 0.6) is 0 Å². The second kappa shape index (κ2) is 8.92. The van der Waals surface area contributed by atoms with Crippen molar-refractivity contribution in [1.82, 2.24) is 10.6 Å². The summed E-state index contributed by atoms with van der Waals surface area (Å²) in [5, 5.41) is 5.13. The number of nitrogens with one attached hydrogen (secondary N) is 2. The van der Waals surface area contributed by atoms with Crippen molar-refractivity contribution < 1.29 is 19.1 Å². The van der Waals surface area contributed by atoms with Crippen molar-refractivity contribution >= 4 is 17.8 Å². The van der Waals surface area contributed by atoms with E-state index >= 15 is 0 Å². The molecule has 126 valence electrons. The van der Waals surface area contributed by atoms with E-state index in [0.29, 0.717) is 0 Å². The van der Waals surface area contributed by atoms with Crippen LogP contribution in [0.1, 0.15) is 33.3 Å². The maximum Gasteiger partial charge on any atom is 0.408 e. The Bertz CT molecular complexity index is 543. The van der Waals surface area contributed by atoms with Crippen molar-refractivity contribution in [3.63, 3.8) is 0 Å².